The van der Waals surface area contributed by atoms with E-state index in [1.54, 1.807) is 10.9 Å². The van der Waals surface area contributed by atoms with Crippen LogP contribution in [0.4, 0.5) is 5.82 Å². The number of ether oxygens (including phenoxy) is 2. The van der Waals surface area contributed by atoms with Crippen molar-refractivity contribution in [3.05, 3.63) is 12.0 Å². The van der Waals surface area contributed by atoms with Crippen LogP contribution >= 0.6 is 0 Å². The molecule has 0 spiro atoms. The molecule has 1 saturated heterocycles. The van der Waals surface area contributed by atoms with Crippen LogP contribution in [0, 0.1) is 0 Å². The van der Waals surface area contributed by atoms with Gasteiger partial charge in [0.25, 0.3) is 0 Å². The molecule has 0 saturated carbocycles. The highest BCUT2D eigenvalue weighted by Gasteiger charge is 2.15. The van der Waals surface area contributed by atoms with E-state index in [-0.39, 0.29) is 6.10 Å². The molecule has 1 aliphatic rings. The average molecular weight is 292 g/mol. The molecule has 1 unspecified atom stereocenters. The van der Waals surface area contributed by atoms with Gasteiger partial charge in [0.2, 0.25) is 0 Å². The minimum Gasteiger partial charge on any atom is -0.376 e. The molecule has 8 heteroatoms. The summed E-state index contributed by atoms with van der Waals surface area (Å²) in [5, 5.41) is 4.95. The van der Waals surface area contributed by atoms with Crippen molar-refractivity contribution in [2.24, 2.45) is 12.9 Å². The van der Waals surface area contributed by atoms with Gasteiger partial charge >= 0.3 is 0 Å². The molecule has 21 heavy (non-hydrogen) atoms. The lowest BCUT2D eigenvalue weighted by atomic mass is 10.1. The second kappa shape index (κ2) is 6.33. The van der Waals surface area contributed by atoms with Crippen LogP contribution in [0.5, 0.6) is 0 Å². The quantitative estimate of drug-likeness (QED) is 0.619. The fraction of sp³-hybridized carbons (Fsp3) is 0.615. The number of nitrogens with zero attached hydrogens (tertiary/aromatic N) is 4. The van der Waals surface area contributed by atoms with E-state index in [4.69, 9.17) is 15.3 Å². The third-order valence-corrected chi connectivity index (χ3v) is 3.58. The lowest BCUT2D eigenvalue weighted by molar-refractivity contribution is -0.0457. The molecular formula is C13H20N6O2. The van der Waals surface area contributed by atoms with Crippen LogP contribution in [-0.4, -0.2) is 39.1 Å². The van der Waals surface area contributed by atoms with Crippen LogP contribution in [0.15, 0.2) is 6.20 Å². The first kappa shape index (κ1) is 14.2. The van der Waals surface area contributed by atoms with Crippen molar-refractivity contribution in [2.75, 3.05) is 18.6 Å². The second-order valence-electron chi connectivity index (χ2n) is 5.14. The fourth-order valence-electron chi connectivity index (χ4n) is 2.46. The van der Waals surface area contributed by atoms with Gasteiger partial charge in [0, 0.05) is 13.7 Å². The summed E-state index contributed by atoms with van der Waals surface area (Å²) in [6, 6.07) is 0. The van der Waals surface area contributed by atoms with Gasteiger partial charge in [-0.3, -0.25) is 4.68 Å². The summed E-state index contributed by atoms with van der Waals surface area (Å²) in [5.41, 5.74) is 3.31. The van der Waals surface area contributed by atoms with Crippen molar-refractivity contribution < 1.29 is 9.47 Å². The molecule has 1 atom stereocenters. The number of aromatic nitrogens is 4. The van der Waals surface area contributed by atoms with Gasteiger partial charge < -0.3 is 14.9 Å². The van der Waals surface area contributed by atoms with Crippen LogP contribution < -0.4 is 11.3 Å². The van der Waals surface area contributed by atoms with Crippen molar-refractivity contribution in [2.45, 2.75) is 32.0 Å². The molecule has 3 heterocycles. The first-order valence-electron chi connectivity index (χ1n) is 7.12. The highest BCUT2D eigenvalue weighted by atomic mass is 16.5. The molecule has 2 aromatic rings. The second-order valence-corrected chi connectivity index (χ2v) is 5.14. The van der Waals surface area contributed by atoms with Crippen LogP contribution in [0.2, 0.25) is 0 Å². The van der Waals surface area contributed by atoms with Crippen molar-refractivity contribution in [3.63, 3.8) is 0 Å². The number of aryl methyl sites for hydroxylation is 1. The number of nitrogens with one attached hydrogen (secondary N) is 1. The van der Waals surface area contributed by atoms with E-state index >= 15 is 0 Å². The van der Waals surface area contributed by atoms with Crippen LogP contribution in [0.3, 0.4) is 0 Å². The van der Waals surface area contributed by atoms with Crippen molar-refractivity contribution in [3.8, 4) is 0 Å². The van der Waals surface area contributed by atoms with Gasteiger partial charge in [0.05, 0.1) is 24.3 Å². The first-order valence-corrected chi connectivity index (χ1v) is 7.12. The third-order valence-electron chi connectivity index (χ3n) is 3.58. The standard InChI is InChI=1S/C13H20N6O2/c1-19-13-10(6-15-19)12(18-14)16-11(17-13)8-20-7-9-4-2-3-5-21-9/h6,9H,2-5,7-8,14H2,1H3,(H,16,17,18). The number of rotatable bonds is 5. The van der Waals surface area contributed by atoms with E-state index in [0.29, 0.717) is 24.9 Å². The third kappa shape index (κ3) is 3.12. The Kier molecular flexibility index (Phi) is 4.28. The summed E-state index contributed by atoms with van der Waals surface area (Å²) >= 11 is 0. The Balaban J connectivity index is 1.67. The molecule has 1 fully saturated rings. The Labute approximate surface area is 122 Å². The molecule has 0 aromatic carbocycles. The number of anilines is 1. The summed E-state index contributed by atoms with van der Waals surface area (Å²) in [6.45, 7) is 1.72. The maximum absolute atomic E-state index is 5.68. The van der Waals surface area contributed by atoms with Gasteiger partial charge in [-0.1, -0.05) is 0 Å². The fourth-order valence-corrected chi connectivity index (χ4v) is 2.46. The summed E-state index contributed by atoms with van der Waals surface area (Å²) in [7, 11) is 1.83. The smallest absolute Gasteiger partial charge is 0.163 e. The topological polar surface area (TPSA) is 100 Å². The maximum Gasteiger partial charge on any atom is 0.163 e. The zero-order valence-corrected chi connectivity index (χ0v) is 12.1. The molecule has 1 aliphatic heterocycles. The maximum atomic E-state index is 5.68. The first-order chi connectivity index (χ1) is 10.3. The monoisotopic (exact) mass is 292 g/mol. The minimum absolute atomic E-state index is 0.186. The molecule has 3 N–H and O–H groups in total. The van der Waals surface area contributed by atoms with Gasteiger partial charge in [0.15, 0.2) is 17.3 Å². The Morgan fingerprint density at radius 1 is 1.48 bits per heavy atom. The number of hydrogen-bond donors (Lipinski definition) is 2. The zero-order valence-electron chi connectivity index (χ0n) is 12.1. The van der Waals surface area contributed by atoms with E-state index in [2.05, 4.69) is 20.5 Å². The predicted octanol–water partition coefficient (Wildman–Crippen LogP) is 0.735. The number of nitrogens with two attached hydrogens (primary N) is 1. The van der Waals surface area contributed by atoms with Crippen molar-refractivity contribution in [1.29, 1.82) is 0 Å². The van der Waals surface area contributed by atoms with E-state index in [0.717, 1.165) is 30.5 Å². The molecule has 2 aromatic heterocycles. The Morgan fingerprint density at radius 2 is 2.38 bits per heavy atom. The lowest BCUT2D eigenvalue weighted by Crippen LogP contribution is -2.24. The van der Waals surface area contributed by atoms with Crippen molar-refractivity contribution >= 4 is 16.9 Å². The van der Waals surface area contributed by atoms with E-state index < -0.39 is 0 Å². The molecule has 0 amide bonds. The normalized spacial score (nSPS) is 19.0. The molecule has 3 rings (SSSR count). The van der Waals surface area contributed by atoms with E-state index in [1.165, 1.54) is 6.42 Å². The van der Waals surface area contributed by atoms with E-state index in [1.807, 2.05) is 7.05 Å². The Hall–Kier alpha value is -1.77. The van der Waals surface area contributed by atoms with Crippen molar-refractivity contribution in [1.82, 2.24) is 19.7 Å². The number of fused-ring (bicyclic) bond motifs is 1. The predicted molar refractivity (Wildman–Crippen MR) is 77.4 cm³/mol. The zero-order chi connectivity index (χ0) is 14.7. The van der Waals surface area contributed by atoms with Gasteiger partial charge in [0.1, 0.15) is 6.61 Å². The minimum atomic E-state index is 0.186. The van der Waals surface area contributed by atoms with Crippen LogP contribution in [-0.2, 0) is 23.1 Å². The molecule has 0 radical (unpaired) electrons. The van der Waals surface area contributed by atoms with Gasteiger partial charge in [-0.2, -0.15) is 5.10 Å². The molecule has 8 nitrogen and oxygen atoms in total. The largest absolute Gasteiger partial charge is 0.376 e. The Bertz CT molecular complexity index is 608. The summed E-state index contributed by atoms with van der Waals surface area (Å²) in [5.74, 6) is 6.64. The lowest BCUT2D eigenvalue weighted by Gasteiger charge is -2.22. The molecular weight excluding hydrogens is 272 g/mol. The van der Waals surface area contributed by atoms with Gasteiger partial charge in [-0.05, 0) is 19.3 Å². The SMILES string of the molecule is Cn1ncc2c(NN)nc(COCC3CCCCO3)nc21. The summed E-state index contributed by atoms with van der Waals surface area (Å²) < 4.78 is 13.0. The number of nitrogen functional groups attached to an aromatic ring is 1. The number of hydrogen-bond acceptors (Lipinski definition) is 7. The molecule has 0 aliphatic carbocycles. The average Bonchev–Trinajstić information content (AvgIpc) is 2.89. The summed E-state index contributed by atoms with van der Waals surface area (Å²) in [4.78, 5) is 8.80. The van der Waals surface area contributed by atoms with Crippen LogP contribution in [0.1, 0.15) is 25.1 Å². The van der Waals surface area contributed by atoms with Gasteiger partial charge in [-0.25, -0.2) is 15.8 Å². The Morgan fingerprint density at radius 3 is 3.14 bits per heavy atom. The molecule has 0 bridgehead atoms. The highest BCUT2D eigenvalue weighted by molar-refractivity contribution is 5.86. The molecule has 114 valence electrons. The summed E-state index contributed by atoms with van der Waals surface area (Å²) in [6.07, 6.45) is 5.27. The van der Waals surface area contributed by atoms with E-state index in [9.17, 15) is 0 Å². The van der Waals surface area contributed by atoms with Crippen LogP contribution in [0.25, 0.3) is 11.0 Å². The van der Waals surface area contributed by atoms with Gasteiger partial charge in [-0.15, -0.1) is 0 Å². The highest BCUT2D eigenvalue weighted by Crippen LogP contribution is 2.19. The number of hydrazine groups is 1.